The summed E-state index contributed by atoms with van der Waals surface area (Å²) in [6.07, 6.45) is 9.22. The SMILES string of the molecule is CC1(C)CCC[C@]2(C)CC[C@@](C)(O)CC=C12. The second-order valence-corrected chi connectivity index (χ2v) is 7.12. The van der Waals surface area contributed by atoms with Crippen LogP contribution in [-0.4, -0.2) is 10.7 Å². The van der Waals surface area contributed by atoms with Gasteiger partial charge in [0, 0.05) is 0 Å². The van der Waals surface area contributed by atoms with E-state index in [-0.39, 0.29) is 0 Å². The molecule has 2 aliphatic rings. The van der Waals surface area contributed by atoms with E-state index in [1.54, 1.807) is 5.57 Å². The molecule has 2 rings (SSSR count). The molecule has 1 saturated carbocycles. The standard InChI is InChI=1S/C15H26O/c1-13(2)7-5-8-14(3)10-11-15(4,16)9-6-12(13)14/h6,16H,5,7-11H2,1-4H3/t14-,15+/m1/s1. The van der Waals surface area contributed by atoms with E-state index < -0.39 is 5.60 Å². The lowest BCUT2D eigenvalue weighted by atomic mass is 9.59. The molecule has 1 N–H and O–H groups in total. The van der Waals surface area contributed by atoms with Crippen LogP contribution in [0.1, 0.15) is 66.2 Å². The van der Waals surface area contributed by atoms with Gasteiger partial charge in [0.05, 0.1) is 5.60 Å². The topological polar surface area (TPSA) is 20.2 Å². The smallest absolute Gasteiger partial charge is 0.0654 e. The second kappa shape index (κ2) is 3.60. The van der Waals surface area contributed by atoms with Gasteiger partial charge in [0.15, 0.2) is 0 Å². The Morgan fingerprint density at radius 1 is 1.00 bits per heavy atom. The van der Waals surface area contributed by atoms with Crippen molar-refractivity contribution >= 4 is 0 Å². The molecule has 0 aromatic rings. The highest BCUT2D eigenvalue weighted by atomic mass is 16.3. The van der Waals surface area contributed by atoms with Crippen molar-refractivity contribution in [3.8, 4) is 0 Å². The van der Waals surface area contributed by atoms with Gasteiger partial charge in [0.2, 0.25) is 0 Å². The lowest BCUT2D eigenvalue weighted by Crippen LogP contribution is -2.34. The number of rotatable bonds is 0. The van der Waals surface area contributed by atoms with E-state index in [1.807, 2.05) is 6.92 Å². The van der Waals surface area contributed by atoms with Crippen LogP contribution in [0.2, 0.25) is 0 Å². The minimum absolute atomic E-state index is 0.341. The fourth-order valence-corrected chi connectivity index (χ4v) is 3.76. The first-order chi connectivity index (χ1) is 7.25. The van der Waals surface area contributed by atoms with Crippen LogP contribution in [0, 0.1) is 10.8 Å². The number of aliphatic hydroxyl groups is 1. The first-order valence-electron chi connectivity index (χ1n) is 6.69. The average molecular weight is 222 g/mol. The molecule has 1 heteroatoms. The summed E-state index contributed by atoms with van der Waals surface area (Å²) in [5.41, 5.74) is 1.82. The average Bonchev–Trinajstić information content (AvgIpc) is 2.24. The van der Waals surface area contributed by atoms with Crippen LogP contribution in [0.5, 0.6) is 0 Å². The molecule has 1 nitrogen and oxygen atoms in total. The van der Waals surface area contributed by atoms with Crippen LogP contribution in [-0.2, 0) is 0 Å². The Morgan fingerprint density at radius 3 is 2.38 bits per heavy atom. The lowest BCUT2D eigenvalue weighted by molar-refractivity contribution is 0.0440. The highest BCUT2D eigenvalue weighted by Gasteiger charge is 2.43. The molecule has 0 aromatic carbocycles. The first-order valence-corrected chi connectivity index (χ1v) is 6.69. The van der Waals surface area contributed by atoms with E-state index in [0.29, 0.717) is 10.8 Å². The summed E-state index contributed by atoms with van der Waals surface area (Å²) in [5, 5.41) is 10.2. The summed E-state index contributed by atoms with van der Waals surface area (Å²) in [4.78, 5) is 0. The molecule has 0 unspecified atom stereocenters. The monoisotopic (exact) mass is 222 g/mol. The summed E-state index contributed by atoms with van der Waals surface area (Å²) < 4.78 is 0. The van der Waals surface area contributed by atoms with Crippen LogP contribution in [0.4, 0.5) is 0 Å². The van der Waals surface area contributed by atoms with Gasteiger partial charge in [0.25, 0.3) is 0 Å². The van der Waals surface area contributed by atoms with Gasteiger partial charge in [-0.05, 0) is 49.9 Å². The summed E-state index contributed by atoms with van der Waals surface area (Å²) in [7, 11) is 0. The van der Waals surface area contributed by atoms with Crippen LogP contribution in [0.15, 0.2) is 11.6 Å². The van der Waals surface area contributed by atoms with Crippen molar-refractivity contribution in [3.63, 3.8) is 0 Å². The van der Waals surface area contributed by atoms with Gasteiger partial charge in [-0.1, -0.05) is 38.8 Å². The van der Waals surface area contributed by atoms with Crippen LogP contribution in [0.3, 0.4) is 0 Å². The third-order valence-corrected chi connectivity index (χ3v) is 4.87. The van der Waals surface area contributed by atoms with E-state index in [4.69, 9.17) is 0 Å². The molecule has 0 aromatic heterocycles. The largest absolute Gasteiger partial charge is 0.390 e. The Kier molecular flexibility index (Phi) is 2.73. The minimum Gasteiger partial charge on any atom is -0.390 e. The summed E-state index contributed by atoms with van der Waals surface area (Å²) >= 11 is 0. The van der Waals surface area contributed by atoms with E-state index in [1.165, 1.54) is 19.3 Å². The van der Waals surface area contributed by atoms with Crippen molar-refractivity contribution in [3.05, 3.63) is 11.6 Å². The lowest BCUT2D eigenvalue weighted by Gasteiger charge is -2.46. The Labute approximate surface area is 99.9 Å². The van der Waals surface area contributed by atoms with Crippen molar-refractivity contribution in [1.29, 1.82) is 0 Å². The minimum atomic E-state index is -0.483. The van der Waals surface area contributed by atoms with Crippen molar-refractivity contribution in [1.82, 2.24) is 0 Å². The highest BCUT2D eigenvalue weighted by molar-refractivity contribution is 5.25. The predicted molar refractivity (Wildman–Crippen MR) is 68.3 cm³/mol. The predicted octanol–water partition coefficient (Wildman–Crippen LogP) is 4.06. The molecule has 1 fully saturated rings. The molecule has 0 radical (unpaired) electrons. The molecule has 92 valence electrons. The number of fused-ring (bicyclic) bond motifs is 1. The highest BCUT2D eigenvalue weighted by Crippen LogP contribution is 2.55. The molecular formula is C15H26O. The quantitative estimate of drug-likeness (QED) is 0.613. The second-order valence-electron chi connectivity index (χ2n) is 7.12. The maximum Gasteiger partial charge on any atom is 0.0654 e. The third-order valence-electron chi connectivity index (χ3n) is 4.87. The van der Waals surface area contributed by atoms with Crippen molar-refractivity contribution in [2.45, 2.75) is 71.8 Å². The van der Waals surface area contributed by atoms with Gasteiger partial charge in [-0.25, -0.2) is 0 Å². The molecule has 0 heterocycles. The van der Waals surface area contributed by atoms with E-state index in [0.717, 1.165) is 19.3 Å². The fraction of sp³-hybridized carbons (Fsp3) is 0.867. The van der Waals surface area contributed by atoms with E-state index >= 15 is 0 Å². The molecule has 0 saturated heterocycles. The molecule has 0 spiro atoms. The molecule has 16 heavy (non-hydrogen) atoms. The van der Waals surface area contributed by atoms with E-state index in [2.05, 4.69) is 26.8 Å². The van der Waals surface area contributed by atoms with Gasteiger partial charge in [-0.2, -0.15) is 0 Å². The number of allylic oxidation sites excluding steroid dienone is 1. The molecule has 0 aliphatic heterocycles. The Morgan fingerprint density at radius 2 is 1.69 bits per heavy atom. The Bertz CT molecular complexity index is 311. The summed E-state index contributed by atoms with van der Waals surface area (Å²) in [5.74, 6) is 0. The molecule has 2 atom stereocenters. The van der Waals surface area contributed by atoms with Crippen molar-refractivity contribution in [2.24, 2.45) is 10.8 Å². The zero-order valence-electron chi connectivity index (χ0n) is 11.3. The normalized spacial score (nSPS) is 43.2. The Balaban J connectivity index is 2.36. The van der Waals surface area contributed by atoms with E-state index in [9.17, 15) is 5.11 Å². The third kappa shape index (κ3) is 2.07. The maximum atomic E-state index is 10.2. The zero-order chi connectivity index (χ0) is 12.0. The van der Waals surface area contributed by atoms with Crippen LogP contribution < -0.4 is 0 Å². The van der Waals surface area contributed by atoms with Crippen LogP contribution in [0.25, 0.3) is 0 Å². The molecular weight excluding hydrogens is 196 g/mol. The van der Waals surface area contributed by atoms with Crippen LogP contribution >= 0.6 is 0 Å². The zero-order valence-corrected chi connectivity index (χ0v) is 11.3. The van der Waals surface area contributed by atoms with Gasteiger partial charge in [-0.15, -0.1) is 0 Å². The number of hydrogen-bond donors (Lipinski definition) is 1. The van der Waals surface area contributed by atoms with Gasteiger partial charge in [0.1, 0.15) is 0 Å². The van der Waals surface area contributed by atoms with Gasteiger partial charge < -0.3 is 5.11 Å². The van der Waals surface area contributed by atoms with Gasteiger partial charge in [-0.3, -0.25) is 0 Å². The van der Waals surface area contributed by atoms with Gasteiger partial charge >= 0.3 is 0 Å². The summed E-state index contributed by atoms with van der Waals surface area (Å²) in [6.45, 7) is 9.13. The van der Waals surface area contributed by atoms with Crippen molar-refractivity contribution < 1.29 is 5.11 Å². The maximum absolute atomic E-state index is 10.2. The summed E-state index contributed by atoms with van der Waals surface area (Å²) in [6, 6.07) is 0. The molecule has 0 amide bonds. The fourth-order valence-electron chi connectivity index (χ4n) is 3.76. The van der Waals surface area contributed by atoms with Crippen molar-refractivity contribution in [2.75, 3.05) is 0 Å². The molecule has 2 aliphatic carbocycles. The number of hydrogen-bond acceptors (Lipinski definition) is 1. The molecule has 0 bridgehead atoms. The first kappa shape index (κ1) is 12.2. The Hall–Kier alpha value is -0.300.